The third-order valence-corrected chi connectivity index (χ3v) is 4.94. The van der Waals surface area contributed by atoms with Crippen LogP contribution in [0.5, 0.6) is 11.5 Å². The number of halogens is 1. The maximum absolute atomic E-state index is 12.7. The quantitative estimate of drug-likeness (QED) is 0.192. The topological polar surface area (TPSA) is 117 Å². The Morgan fingerprint density at radius 3 is 2.24 bits per heavy atom. The van der Waals surface area contributed by atoms with Crippen molar-refractivity contribution in [3.8, 4) is 11.5 Å². The van der Waals surface area contributed by atoms with Crippen molar-refractivity contribution in [3.05, 3.63) is 101 Å². The molecule has 0 radical (unpaired) electrons. The molecule has 3 aromatic rings. The molecule has 3 aromatic carbocycles. The molecule has 8 nitrogen and oxygen atoms in total. The molecule has 0 bridgehead atoms. The van der Waals surface area contributed by atoms with Gasteiger partial charge in [-0.1, -0.05) is 46.3 Å². The van der Waals surface area contributed by atoms with Crippen LogP contribution < -0.4 is 15.5 Å². The Balaban J connectivity index is 1.91. The van der Waals surface area contributed by atoms with Gasteiger partial charge in [0.2, 0.25) is 0 Å². The van der Waals surface area contributed by atoms with E-state index in [1.54, 1.807) is 60.7 Å². The molecular formula is C24H21BrN2O6. The molecule has 170 valence electrons. The highest BCUT2D eigenvalue weighted by Crippen LogP contribution is 2.28. The number of hydrogen-bond donors (Lipinski definition) is 4. The number of phenolic OH excluding ortho intramolecular Hbond substituents is 1. The van der Waals surface area contributed by atoms with Gasteiger partial charge in [-0.3, -0.25) is 15.3 Å². The van der Waals surface area contributed by atoms with Crippen LogP contribution in [-0.2, 0) is 9.53 Å². The lowest BCUT2D eigenvalue weighted by Crippen LogP contribution is -2.30. The lowest BCUT2D eigenvalue weighted by Gasteiger charge is -2.26. The number of para-hydroxylation sites is 1. The highest BCUT2D eigenvalue weighted by atomic mass is 79.9. The van der Waals surface area contributed by atoms with Crippen LogP contribution in [0.4, 0.5) is 10.5 Å². The fourth-order valence-electron chi connectivity index (χ4n) is 2.86. The van der Waals surface area contributed by atoms with Crippen LogP contribution >= 0.6 is 15.9 Å². The van der Waals surface area contributed by atoms with Crippen LogP contribution in [0.3, 0.4) is 0 Å². The monoisotopic (exact) mass is 512 g/mol. The highest BCUT2D eigenvalue weighted by Gasteiger charge is 2.28. The van der Waals surface area contributed by atoms with Gasteiger partial charge in [-0.25, -0.2) is 10.3 Å². The van der Waals surface area contributed by atoms with E-state index in [1.807, 2.05) is 6.07 Å². The first-order valence-corrected chi connectivity index (χ1v) is 10.6. The number of carbonyl (C=O) groups is 2. The van der Waals surface area contributed by atoms with E-state index in [0.717, 1.165) is 10.5 Å². The zero-order valence-electron chi connectivity index (χ0n) is 17.2. The van der Waals surface area contributed by atoms with Crippen molar-refractivity contribution >= 4 is 33.6 Å². The van der Waals surface area contributed by atoms with Gasteiger partial charge < -0.3 is 14.6 Å². The van der Waals surface area contributed by atoms with Crippen LogP contribution in [-0.4, -0.2) is 28.4 Å². The fourth-order valence-corrected chi connectivity index (χ4v) is 3.13. The first-order chi connectivity index (χ1) is 15.9. The Morgan fingerprint density at radius 1 is 0.939 bits per heavy atom. The minimum absolute atomic E-state index is 0.0348. The van der Waals surface area contributed by atoms with Crippen molar-refractivity contribution in [2.75, 3.05) is 5.32 Å². The summed E-state index contributed by atoms with van der Waals surface area (Å²) >= 11 is 3.33. The van der Waals surface area contributed by atoms with Crippen molar-refractivity contribution in [1.29, 1.82) is 0 Å². The Hall–Kier alpha value is -3.82. The molecule has 3 rings (SSSR count). The highest BCUT2D eigenvalue weighted by molar-refractivity contribution is 9.10. The molecular weight excluding hydrogens is 492 g/mol. The minimum Gasteiger partial charge on any atom is -0.508 e. The third kappa shape index (κ3) is 7.37. The molecule has 0 saturated heterocycles. The normalized spacial score (nSPS) is 12.5. The van der Waals surface area contributed by atoms with Gasteiger partial charge in [0.1, 0.15) is 11.5 Å². The third-order valence-electron chi connectivity index (χ3n) is 4.41. The number of benzene rings is 3. The number of nitrogens with one attached hydrogen (secondary N) is 2. The average Bonchev–Trinajstić information content (AvgIpc) is 2.83. The van der Waals surface area contributed by atoms with Gasteiger partial charge in [0, 0.05) is 16.2 Å². The van der Waals surface area contributed by atoms with Crippen LogP contribution in [0.15, 0.2) is 95.5 Å². The van der Waals surface area contributed by atoms with Crippen molar-refractivity contribution in [1.82, 2.24) is 5.48 Å². The van der Waals surface area contributed by atoms with Crippen molar-refractivity contribution in [2.45, 2.75) is 12.2 Å². The number of carbonyl (C=O) groups excluding carboxylic acids is 2. The number of ether oxygens (including phenoxy) is 2. The summed E-state index contributed by atoms with van der Waals surface area (Å²) in [7, 11) is 0. The first-order valence-electron chi connectivity index (χ1n) is 9.80. The van der Waals surface area contributed by atoms with Crippen molar-refractivity contribution < 1.29 is 29.4 Å². The molecule has 0 fully saturated rings. The van der Waals surface area contributed by atoms with Crippen molar-refractivity contribution in [2.24, 2.45) is 0 Å². The number of aromatic hydroxyl groups is 1. The molecule has 0 aromatic heterocycles. The summed E-state index contributed by atoms with van der Waals surface area (Å²) in [6.07, 6.45) is -0.286. The summed E-state index contributed by atoms with van der Waals surface area (Å²) in [5.74, 6) is -0.273. The fraction of sp³-hybridized carbons (Fsp3) is 0.0833. The maximum atomic E-state index is 12.7. The zero-order chi connectivity index (χ0) is 23.6. The van der Waals surface area contributed by atoms with Gasteiger partial charge >= 0.3 is 6.09 Å². The number of anilines is 1. The molecule has 0 aliphatic carbocycles. The molecule has 0 heterocycles. The predicted molar refractivity (Wildman–Crippen MR) is 125 cm³/mol. The SMILES string of the molecule is O=C(/C=C/[C@@H](Oc1ccccc1)[C@H](OC(=O)Nc1ccc(Br)cc1)c1ccc(O)cc1)NO. The summed E-state index contributed by atoms with van der Waals surface area (Å²) < 4.78 is 12.6. The standard InChI is InChI=1S/C24H21BrN2O6/c25-17-8-10-18(11-9-17)26-24(30)33-23(16-6-12-19(28)13-7-16)21(14-15-22(29)27-31)32-20-4-2-1-3-5-20/h1-15,21,23,28,31H,(H,26,30)(H,27,29)/b15-14+/t21-,23-/m1/s1. The molecule has 0 aliphatic rings. The second-order valence-electron chi connectivity index (χ2n) is 6.78. The Morgan fingerprint density at radius 2 is 1.61 bits per heavy atom. The lowest BCUT2D eigenvalue weighted by molar-refractivity contribution is -0.124. The van der Waals surface area contributed by atoms with Gasteiger partial charge in [-0.15, -0.1) is 0 Å². The molecule has 0 unspecified atom stereocenters. The summed E-state index contributed by atoms with van der Waals surface area (Å²) in [5.41, 5.74) is 2.54. The number of phenols is 1. The predicted octanol–water partition coefficient (Wildman–Crippen LogP) is 4.95. The number of hydroxylamine groups is 1. The number of amides is 2. The second-order valence-corrected chi connectivity index (χ2v) is 7.70. The molecule has 2 amide bonds. The summed E-state index contributed by atoms with van der Waals surface area (Å²) in [6, 6.07) is 21.8. The number of hydrogen-bond acceptors (Lipinski definition) is 6. The van der Waals surface area contributed by atoms with E-state index in [-0.39, 0.29) is 5.75 Å². The van der Waals surface area contributed by atoms with Gasteiger partial charge in [-0.05, 0) is 60.2 Å². The van der Waals surface area contributed by atoms with E-state index in [1.165, 1.54) is 23.7 Å². The van der Waals surface area contributed by atoms with Crippen molar-refractivity contribution in [3.63, 3.8) is 0 Å². The molecule has 0 aliphatic heterocycles. The van der Waals surface area contributed by atoms with Gasteiger partial charge in [-0.2, -0.15) is 0 Å². The Bertz CT molecular complexity index is 1090. The summed E-state index contributed by atoms with van der Waals surface area (Å²) in [6.45, 7) is 0. The van der Waals surface area contributed by atoms with Gasteiger partial charge in [0.05, 0.1) is 0 Å². The van der Waals surface area contributed by atoms with E-state index in [2.05, 4.69) is 21.2 Å². The molecule has 33 heavy (non-hydrogen) atoms. The first kappa shape index (κ1) is 23.8. The average molecular weight is 513 g/mol. The molecule has 4 N–H and O–H groups in total. The largest absolute Gasteiger partial charge is 0.508 e. The molecule has 9 heteroatoms. The van der Waals surface area contributed by atoms with E-state index in [0.29, 0.717) is 17.0 Å². The molecule has 2 atom stereocenters. The van der Waals surface area contributed by atoms with E-state index < -0.39 is 24.2 Å². The molecule has 0 saturated carbocycles. The van der Waals surface area contributed by atoms with Crippen LogP contribution in [0.1, 0.15) is 11.7 Å². The van der Waals surface area contributed by atoms with E-state index >= 15 is 0 Å². The summed E-state index contributed by atoms with van der Waals surface area (Å²) in [5, 5.41) is 21.1. The second kappa shape index (κ2) is 11.7. The van der Waals surface area contributed by atoms with Gasteiger partial charge in [0.25, 0.3) is 5.91 Å². The van der Waals surface area contributed by atoms with E-state index in [4.69, 9.17) is 14.7 Å². The lowest BCUT2D eigenvalue weighted by atomic mass is 10.0. The maximum Gasteiger partial charge on any atom is 0.412 e. The Labute approximate surface area is 198 Å². The van der Waals surface area contributed by atoms with Gasteiger partial charge in [0.15, 0.2) is 12.2 Å². The zero-order valence-corrected chi connectivity index (χ0v) is 18.8. The number of rotatable bonds is 8. The smallest absolute Gasteiger partial charge is 0.412 e. The molecule has 0 spiro atoms. The Kier molecular flexibility index (Phi) is 8.45. The minimum atomic E-state index is -1.01. The van der Waals surface area contributed by atoms with E-state index in [9.17, 15) is 14.7 Å². The van der Waals surface area contributed by atoms with Crippen LogP contribution in [0.25, 0.3) is 0 Å². The van der Waals surface area contributed by atoms with Crippen LogP contribution in [0.2, 0.25) is 0 Å². The van der Waals surface area contributed by atoms with Crippen LogP contribution in [0, 0.1) is 0 Å². The summed E-state index contributed by atoms with van der Waals surface area (Å²) in [4.78, 5) is 24.3.